The van der Waals surface area contributed by atoms with E-state index in [1.807, 2.05) is 11.0 Å². The van der Waals surface area contributed by atoms with Gasteiger partial charge in [-0.1, -0.05) is 13.8 Å². The van der Waals surface area contributed by atoms with Gasteiger partial charge < -0.3 is 10.6 Å². The van der Waals surface area contributed by atoms with Gasteiger partial charge in [-0.25, -0.2) is 0 Å². The van der Waals surface area contributed by atoms with Crippen LogP contribution in [-0.2, 0) is 4.79 Å². The Morgan fingerprint density at radius 1 is 1.43 bits per heavy atom. The van der Waals surface area contributed by atoms with Crippen LogP contribution in [0.1, 0.15) is 44.7 Å². The molecule has 0 saturated carbocycles. The Kier molecular flexibility index (Phi) is 8.94. The number of hydrogen-bond donors (Lipinski definition) is 2. The molecule has 0 aromatic carbocycles. The number of carbonyl (C=O) groups excluding carboxylic acids is 1. The molecule has 2 rings (SSSR count). The van der Waals surface area contributed by atoms with Crippen molar-refractivity contribution in [3.8, 4) is 0 Å². The normalized spacial score (nSPS) is 17.0. The molecule has 21 heavy (non-hydrogen) atoms. The van der Waals surface area contributed by atoms with E-state index in [2.05, 4.69) is 24.0 Å². The molecule has 0 spiro atoms. The van der Waals surface area contributed by atoms with Crippen molar-refractivity contribution in [2.75, 3.05) is 13.1 Å². The van der Waals surface area contributed by atoms with Gasteiger partial charge in [0.05, 0.1) is 6.04 Å². The van der Waals surface area contributed by atoms with Crippen LogP contribution >= 0.6 is 24.8 Å². The number of rotatable bonds is 4. The summed E-state index contributed by atoms with van der Waals surface area (Å²) in [5, 5.41) is 7.01. The summed E-state index contributed by atoms with van der Waals surface area (Å²) < 4.78 is 0. The molecular weight excluding hydrogens is 311 g/mol. The Morgan fingerprint density at radius 3 is 2.52 bits per heavy atom. The van der Waals surface area contributed by atoms with Crippen LogP contribution in [0, 0.1) is 5.92 Å². The highest BCUT2D eigenvalue weighted by atomic mass is 35.5. The first kappa shape index (κ1) is 20.2. The fourth-order valence-corrected chi connectivity index (χ4v) is 2.75. The van der Waals surface area contributed by atoms with Crippen LogP contribution in [0.4, 0.5) is 0 Å². The second-order valence-electron chi connectivity index (χ2n) is 5.85. The first-order valence-electron chi connectivity index (χ1n) is 7.11. The van der Waals surface area contributed by atoms with E-state index in [0.717, 1.165) is 32.4 Å². The first-order valence-corrected chi connectivity index (χ1v) is 7.11. The summed E-state index contributed by atoms with van der Waals surface area (Å²) in [6.45, 7) is 5.79. The van der Waals surface area contributed by atoms with E-state index >= 15 is 0 Å². The lowest BCUT2D eigenvalue weighted by Gasteiger charge is -2.33. The molecule has 1 aliphatic heterocycles. The molecule has 7 heteroatoms. The van der Waals surface area contributed by atoms with Crippen LogP contribution in [0.3, 0.4) is 0 Å². The summed E-state index contributed by atoms with van der Waals surface area (Å²) in [6.07, 6.45) is 4.52. The second-order valence-corrected chi connectivity index (χ2v) is 5.85. The summed E-state index contributed by atoms with van der Waals surface area (Å²) in [5.74, 6) is 1.06. The first-order chi connectivity index (χ1) is 9.08. The number of H-pyrrole nitrogens is 1. The summed E-state index contributed by atoms with van der Waals surface area (Å²) in [7, 11) is 0. The molecule has 3 N–H and O–H groups in total. The zero-order chi connectivity index (χ0) is 13.8. The van der Waals surface area contributed by atoms with E-state index in [1.165, 1.54) is 5.69 Å². The summed E-state index contributed by atoms with van der Waals surface area (Å²) in [6, 6.07) is 1.68. The number of amides is 1. The van der Waals surface area contributed by atoms with Crippen molar-refractivity contribution in [3.05, 3.63) is 18.0 Å². The lowest BCUT2D eigenvalue weighted by Crippen LogP contribution is -2.47. The van der Waals surface area contributed by atoms with E-state index in [0.29, 0.717) is 11.8 Å². The molecule has 1 aliphatic rings. The van der Waals surface area contributed by atoms with Gasteiger partial charge in [0, 0.05) is 30.9 Å². The number of piperidine rings is 1. The molecule has 5 nitrogen and oxygen atoms in total. The number of nitrogens with zero attached hydrogens (tertiary/aromatic N) is 2. The van der Waals surface area contributed by atoms with E-state index < -0.39 is 0 Å². The van der Waals surface area contributed by atoms with Gasteiger partial charge >= 0.3 is 0 Å². The molecule has 1 aromatic rings. The van der Waals surface area contributed by atoms with Gasteiger partial charge in [-0.15, -0.1) is 24.8 Å². The number of nitrogens with two attached hydrogens (primary N) is 1. The van der Waals surface area contributed by atoms with Crippen molar-refractivity contribution in [2.45, 2.75) is 45.1 Å². The Balaban J connectivity index is 0.00000200. The molecule has 0 unspecified atom stereocenters. The van der Waals surface area contributed by atoms with Crippen LogP contribution in [-0.4, -0.2) is 40.1 Å². The van der Waals surface area contributed by atoms with E-state index in [-0.39, 0.29) is 36.8 Å². The monoisotopic (exact) mass is 336 g/mol. The third kappa shape index (κ3) is 5.49. The summed E-state index contributed by atoms with van der Waals surface area (Å²) >= 11 is 0. The summed E-state index contributed by atoms with van der Waals surface area (Å²) in [5.41, 5.74) is 7.15. The highest BCUT2D eigenvalue weighted by Gasteiger charge is 2.27. The molecule has 0 aliphatic carbocycles. The fourth-order valence-electron chi connectivity index (χ4n) is 2.75. The Bertz CT molecular complexity index is 403. The van der Waals surface area contributed by atoms with E-state index in [4.69, 9.17) is 5.73 Å². The molecule has 1 amide bonds. The quantitative estimate of drug-likeness (QED) is 0.885. The van der Waals surface area contributed by atoms with Gasteiger partial charge in [0.15, 0.2) is 0 Å². The van der Waals surface area contributed by atoms with Gasteiger partial charge in [0.1, 0.15) is 0 Å². The Hall–Kier alpha value is -0.780. The van der Waals surface area contributed by atoms with Gasteiger partial charge in [-0.05, 0) is 31.2 Å². The maximum atomic E-state index is 12.2. The van der Waals surface area contributed by atoms with Gasteiger partial charge in [0.25, 0.3) is 0 Å². The minimum absolute atomic E-state index is 0. The average Bonchev–Trinajstić information content (AvgIpc) is 2.91. The van der Waals surface area contributed by atoms with Crippen molar-refractivity contribution in [1.82, 2.24) is 15.1 Å². The fraction of sp³-hybridized carbons (Fsp3) is 0.714. The van der Waals surface area contributed by atoms with Crippen molar-refractivity contribution in [2.24, 2.45) is 11.7 Å². The Morgan fingerprint density at radius 2 is 2.05 bits per heavy atom. The third-order valence-electron chi connectivity index (χ3n) is 3.81. The lowest BCUT2D eigenvalue weighted by atomic mass is 9.93. The van der Waals surface area contributed by atoms with Gasteiger partial charge in [-0.2, -0.15) is 5.10 Å². The molecule has 122 valence electrons. The number of aromatic amines is 1. The predicted molar refractivity (Wildman–Crippen MR) is 89.1 cm³/mol. The largest absolute Gasteiger partial charge is 0.341 e. The van der Waals surface area contributed by atoms with Crippen LogP contribution in [0.2, 0.25) is 0 Å². The maximum absolute atomic E-state index is 12.2. The minimum Gasteiger partial charge on any atom is -0.341 e. The minimum atomic E-state index is -0.344. The molecule has 2 heterocycles. The number of carbonyl (C=O) groups is 1. The number of halogens is 2. The van der Waals surface area contributed by atoms with Crippen molar-refractivity contribution >= 4 is 30.7 Å². The van der Waals surface area contributed by atoms with Gasteiger partial charge in [-0.3, -0.25) is 9.89 Å². The molecule has 1 aromatic heterocycles. The van der Waals surface area contributed by atoms with Crippen LogP contribution in [0.5, 0.6) is 0 Å². The zero-order valence-corrected chi connectivity index (χ0v) is 14.3. The highest BCUT2D eigenvalue weighted by molar-refractivity contribution is 5.85. The number of hydrogen-bond acceptors (Lipinski definition) is 3. The number of nitrogens with one attached hydrogen (secondary N) is 1. The smallest absolute Gasteiger partial charge is 0.239 e. The van der Waals surface area contributed by atoms with Crippen molar-refractivity contribution in [3.63, 3.8) is 0 Å². The van der Waals surface area contributed by atoms with Crippen LogP contribution < -0.4 is 5.73 Å². The molecule has 1 fully saturated rings. The number of aromatic nitrogens is 2. The molecule has 1 saturated heterocycles. The SMILES string of the molecule is CC(C)C[C@H](N)C(=O)N1CCC(c2ccn[nH]2)CC1.Cl.Cl. The summed E-state index contributed by atoms with van der Waals surface area (Å²) in [4.78, 5) is 14.1. The molecule has 0 radical (unpaired) electrons. The van der Waals surface area contributed by atoms with E-state index in [1.54, 1.807) is 6.20 Å². The lowest BCUT2D eigenvalue weighted by molar-refractivity contribution is -0.134. The Labute approximate surface area is 138 Å². The molecule has 1 atom stereocenters. The van der Waals surface area contributed by atoms with Crippen LogP contribution in [0.15, 0.2) is 12.3 Å². The van der Waals surface area contributed by atoms with Crippen molar-refractivity contribution < 1.29 is 4.79 Å². The second kappa shape index (κ2) is 9.28. The standard InChI is InChI=1S/C14H24N4O.2ClH/c1-10(2)9-12(15)14(19)18-7-4-11(5-8-18)13-3-6-16-17-13;;/h3,6,10-12H,4-5,7-9,15H2,1-2H3,(H,16,17);2*1H/t12-;;/m0../s1. The third-order valence-corrected chi connectivity index (χ3v) is 3.81. The average molecular weight is 337 g/mol. The van der Waals surface area contributed by atoms with E-state index in [9.17, 15) is 4.79 Å². The van der Waals surface area contributed by atoms with Crippen LogP contribution in [0.25, 0.3) is 0 Å². The maximum Gasteiger partial charge on any atom is 0.239 e. The number of likely N-dealkylation sites (tertiary alicyclic amines) is 1. The zero-order valence-electron chi connectivity index (χ0n) is 12.6. The highest BCUT2D eigenvalue weighted by Crippen LogP contribution is 2.26. The molecule has 0 bridgehead atoms. The topological polar surface area (TPSA) is 75.0 Å². The molecular formula is C14H26Cl2N4O. The predicted octanol–water partition coefficient (Wildman–Crippen LogP) is 2.33. The van der Waals surface area contributed by atoms with Crippen molar-refractivity contribution in [1.29, 1.82) is 0 Å². The van der Waals surface area contributed by atoms with Gasteiger partial charge in [0.2, 0.25) is 5.91 Å².